The first-order chi connectivity index (χ1) is 6.84. The van der Waals surface area contributed by atoms with E-state index in [1.165, 1.54) is 32.1 Å². The SMILES string of the molecule is Cc1cc(CNC2CCCCC2)on1. The highest BCUT2D eigenvalue weighted by Gasteiger charge is 2.13. The summed E-state index contributed by atoms with van der Waals surface area (Å²) in [6.45, 7) is 2.78. The Balaban J connectivity index is 1.76. The quantitative estimate of drug-likeness (QED) is 0.803. The third-order valence-electron chi connectivity index (χ3n) is 2.85. The molecule has 1 heterocycles. The van der Waals surface area contributed by atoms with Crippen molar-refractivity contribution in [3.8, 4) is 0 Å². The molecule has 1 fully saturated rings. The maximum atomic E-state index is 5.14. The van der Waals surface area contributed by atoms with E-state index in [1.807, 2.05) is 13.0 Å². The molecule has 0 aromatic carbocycles. The Kier molecular flexibility index (Phi) is 3.19. The molecular weight excluding hydrogens is 176 g/mol. The second-order valence-corrected chi connectivity index (χ2v) is 4.15. The molecule has 0 aliphatic heterocycles. The molecule has 0 saturated heterocycles. The molecule has 1 aliphatic carbocycles. The summed E-state index contributed by atoms with van der Waals surface area (Å²) in [5, 5.41) is 7.38. The zero-order valence-corrected chi connectivity index (χ0v) is 8.75. The van der Waals surface area contributed by atoms with Crippen molar-refractivity contribution in [2.75, 3.05) is 0 Å². The predicted molar refractivity (Wildman–Crippen MR) is 55.0 cm³/mol. The van der Waals surface area contributed by atoms with Gasteiger partial charge in [0.1, 0.15) is 0 Å². The van der Waals surface area contributed by atoms with Gasteiger partial charge in [-0.2, -0.15) is 0 Å². The lowest BCUT2D eigenvalue weighted by Gasteiger charge is -2.22. The standard InChI is InChI=1S/C11H18N2O/c1-9-7-11(14-13-9)8-12-10-5-3-2-4-6-10/h7,10,12H,2-6,8H2,1H3. The summed E-state index contributed by atoms with van der Waals surface area (Å²) in [4.78, 5) is 0. The molecule has 0 bridgehead atoms. The first-order valence-electron chi connectivity index (χ1n) is 5.50. The number of aromatic nitrogens is 1. The molecule has 1 aromatic heterocycles. The predicted octanol–water partition coefficient (Wildman–Crippen LogP) is 2.41. The van der Waals surface area contributed by atoms with Crippen molar-refractivity contribution in [3.63, 3.8) is 0 Å². The number of nitrogens with one attached hydrogen (secondary N) is 1. The minimum absolute atomic E-state index is 0.689. The summed E-state index contributed by atoms with van der Waals surface area (Å²) in [6.07, 6.45) is 6.76. The lowest BCUT2D eigenvalue weighted by Crippen LogP contribution is -2.30. The molecule has 0 spiro atoms. The molecule has 0 amide bonds. The van der Waals surface area contributed by atoms with Gasteiger partial charge in [0, 0.05) is 12.1 Å². The average Bonchev–Trinajstić information content (AvgIpc) is 2.63. The van der Waals surface area contributed by atoms with Crippen LogP contribution >= 0.6 is 0 Å². The average molecular weight is 194 g/mol. The van der Waals surface area contributed by atoms with Crippen LogP contribution in [0.2, 0.25) is 0 Å². The van der Waals surface area contributed by atoms with Crippen molar-refractivity contribution in [2.24, 2.45) is 0 Å². The van der Waals surface area contributed by atoms with Crippen LogP contribution in [0.3, 0.4) is 0 Å². The van der Waals surface area contributed by atoms with Crippen molar-refractivity contribution >= 4 is 0 Å². The molecule has 3 nitrogen and oxygen atoms in total. The highest BCUT2D eigenvalue weighted by Crippen LogP contribution is 2.17. The van der Waals surface area contributed by atoms with Gasteiger partial charge < -0.3 is 9.84 Å². The number of nitrogens with zero attached hydrogens (tertiary/aromatic N) is 1. The van der Waals surface area contributed by atoms with Crippen LogP contribution in [0.5, 0.6) is 0 Å². The minimum Gasteiger partial charge on any atom is -0.360 e. The minimum atomic E-state index is 0.689. The zero-order valence-electron chi connectivity index (χ0n) is 8.75. The van der Waals surface area contributed by atoms with E-state index in [0.29, 0.717) is 6.04 Å². The van der Waals surface area contributed by atoms with E-state index in [0.717, 1.165) is 18.0 Å². The second-order valence-electron chi connectivity index (χ2n) is 4.15. The number of rotatable bonds is 3. The summed E-state index contributed by atoms with van der Waals surface area (Å²) >= 11 is 0. The van der Waals surface area contributed by atoms with E-state index in [2.05, 4.69) is 10.5 Å². The topological polar surface area (TPSA) is 38.1 Å². The zero-order chi connectivity index (χ0) is 9.80. The van der Waals surface area contributed by atoms with E-state index in [1.54, 1.807) is 0 Å². The number of hydrogen-bond acceptors (Lipinski definition) is 3. The van der Waals surface area contributed by atoms with E-state index in [4.69, 9.17) is 4.52 Å². The van der Waals surface area contributed by atoms with Gasteiger partial charge in [-0.1, -0.05) is 24.4 Å². The third-order valence-corrected chi connectivity index (χ3v) is 2.85. The van der Waals surface area contributed by atoms with Crippen molar-refractivity contribution in [1.29, 1.82) is 0 Å². The van der Waals surface area contributed by atoms with Gasteiger partial charge in [0.2, 0.25) is 0 Å². The molecule has 14 heavy (non-hydrogen) atoms. The molecule has 1 aliphatic rings. The molecule has 1 saturated carbocycles. The van der Waals surface area contributed by atoms with Crippen LogP contribution in [-0.4, -0.2) is 11.2 Å². The maximum absolute atomic E-state index is 5.14. The van der Waals surface area contributed by atoms with Crippen LogP contribution in [0.1, 0.15) is 43.6 Å². The second kappa shape index (κ2) is 4.60. The fourth-order valence-corrected chi connectivity index (χ4v) is 2.05. The fourth-order valence-electron chi connectivity index (χ4n) is 2.05. The van der Waals surface area contributed by atoms with Gasteiger partial charge in [0.05, 0.1) is 12.2 Å². The summed E-state index contributed by atoms with van der Waals surface area (Å²) in [6, 6.07) is 2.68. The fraction of sp³-hybridized carbons (Fsp3) is 0.727. The normalized spacial score (nSPS) is 18.6. The summed E-state index contributed by atoms with van der Waals surface area (Å²) in [5.74, 6) is 0.952. The van der Waals surface area contributed by atoms with E-state index < -0.39 is 0 Å². The van der Waals surface area contributed by atoms with Gasteiger partial charge in [-0.05, 0) is 19.8 Å². The number of hydrogen-bond donors (Lipinski definition) is 1. The molecule has 0 radical (unpaired) electrons. The van der Waals surface area contributed by atoms with Crippen LogP contribution in [-0.2, 0) is 6.54 Å². The summed E-state index contributed by atoms with van der Waals surface area (Å²) < 4.78 is 5.14. The molecule has 1 N–H and O–H groups in total. The van der Waals surface area contributed by atoms with Crippen molar-refractivity contribution < 1.29 is 4.52 Å². The largest absolute Gasteiger partial charge is 0.360 e. The van der Waals surface area contributed by atoms with Crippen LogP contribution in [0.4, 0.5) is 0 Å². The monoisotopic (exact) mass is 194 g/mol. The van der Waals surface area contributed by atoms with Gasteiger partial charge in [-0.3, -0.25) is 0 Å². The van der Waals surface area contributed by atoms with Crippen molar-refractivity contribution in [1.82, 2.24) is 10.5 Å². The van der Waals surface area contributed by atoms with Crippen LogP contribution in [0.25, 0.3) is 0 Å². The Bertz CT molecular complexity index is 277. The van der Waals surface area contributed by atoms with E-state index >= 15 is 0 Å². The molecule has 0 atom stereocenters. The first-order valence-corrected chi connectivity index (χ1v) is 5.50. The lowest BCUT2D eigenvalue weighted by atomic mass is 9.95. The van der Waals surface area contributed by atoms with Gasteiger partial charge in [-0.25, -0.2) is 0 Å². The Morgan fingerprint density at radius 1 is 1.43 bits per heavy atom. The highest BCUT2D eigenvalue weighted by atomic mass is 16.5. The van der Waals surface area contributed by atoms with Gasteiger partial charge in [0.15, 0.2) is 5.76 Å². The van der Waals surface area contributed by atoms with Crippen molar-refractivity contribution in [2.45, 2.75) is 51.6 Å². The Morgan fingerprint density at radius 3 is 2.86 bits per heavy atom. The van der Waals surface area contributed by atoms with Gasteiger partial charge >= 0.3 is 0 Å². The lowest BCUT2D eigenvalue weighted by molar-refractivity contribution is 0.330. The maximum Gasteiger partial charge on any atom is 0.150 e. The summed E-state index contributed by atoms with van der Waals surface area (Å²) in [5.41, 5.74) is 0.963. The smallest absolute Gasteiger partial charge is 0.150 e. The Hall–Kier alpha value is -0.830. The van der Waals surface area contributed by atoms with Crippen LogP contribution in [0.15, 0.2) is 10.6 Å². The first kappa shape index (κ1) is 9.71. The summed E-state index contributed by atoms with van der Waals surface area (Å²) in [7, 11) is 0. The van der Waals surface area contributed by atoms with Crippen molar-refractivity contribution in [3.05, 3.63) is 17.5 Å². The van der Waals surface area contributed by atoms with E-state index in [-0.39, 0.29) is 0 Å². The van der Waals surface area contributed by atoms with E-state index in [9.17, 15) is 0 Å². The van der Waals surface area contributed by atoms with Gasteiger partial charge in [0.25, 0.3) is 0 Å². The Labute approximate surface area is 84.9 Å². The highest BCUT2D eigenvalue weighted by molar-refractivity contribution is 5.02. The molecule has 0 unspecified atom stereocenters. The van der Waals surface area contributed by atoms with Crippen LogP contribution in [0, 0.1) is 6.92 Å². The molecular formula is C11H18N2O. The molecule has 1 aromatic rings. The molecule has 78 valence electrons. The van der Waals surface area contributed by atoms with Gasteiger partial charge in [-0.15, -0.1) is 0 Å². The molecule has 3 heteroatoms. The van der Waals surface area contributed by atoms with Crippen LogP contribution < -0.4 is 5.32 Å². The molecule has 2 rings (SSSR count). The number of aryl methyl sites for hydroxylation is 1. The third kappa shape index (κ3) is 2.58. The Morgan fingerprint density at radius 2 is 2.21 bits per heavy atom.